The van der Waals surface area contributed by atoms with Gasteiger partial charge in [-0.05, 0) is 48.0 Å². The van der Waals surface area contributed by atoms with E-state index < -0.39 is 0 Å². The first kappa shape index (κ1) is 16.0. The molecule has 0 aliphatic rings. The number of aryl methyl sites for hydroxylation is 2. The second-order valence-corrected chi connectivity index (χ2v) is 6.21. The van der Waals surface area contributed by atoms with Gasteiger partial charge < -0.3 is 5.32 Å². The van der Waals surface area contributed by atoms with E-state index >= 15 is 0 Å². The molecule has 0 saturated heterocycles. The van der Waals surface area contributed by atoms with Crippen LogP contribution in [-0.2, 0) is 6.54 Å². The minimum Gasteiger partial charge on any atom is -0.310 e. The van der Waals surface area contributed by atoms with Gasteiger partial charge >= 0.3 is 0 Å². The summed E-state index contributed by atoms with van der Waals surface area (Å²) < 4.78 is 13.8. The maximum absolute atomic E-state index is 13.2. The van der Waals surface area contributed by atoms with Gasteiger partial charge in [-0.3, -0.25) is 0 Å². The molecular formula is C16H19BrFN3. The smallest absolute Gasteiger partial charge is 0.160 e. The number of hydrogen-bond donors (Lipinski definition) is 1. The van der Waals surface area contributed by atoms with E-state index in [9.17, 15) is 4.39 Å². The fourth-order valence-electron chi connectivity index (χ4n) is 2.09. The molecule has 112 valence electrons. The molecule has 0 radical (unpaired) electrons. The van der Waals surface area contributed by atoms with Crippen LogP contribution in [0.4, 0.5) is 4.39 Å². The monoisotopic (exact) mass is 351 g/mol. The standard InChI is InChI=1S/C16H19BrFN3/c1-9(2)19-8-14-10(3)20-16(21-11(14)4)13-6-5-12(18)7-15(13)17/h5-7,9,19H,8H2,1-4H3. The van der Waals surface area contributed by atoms with E-state index in [-0.39, 0.29) is 5.82 Å². The first-order chi connectivity index (χ1) is 9.88. The average Bonchev–Trinajstić information content (AvgIpc) is 2.37. The lowest BCUT2D eigenvalue weighted by Crippen LogP contribution is -2.23. The molecule has 2 rings (SSSR count). The molecule has 1 aromatic heterocycles. The van der Waals surface area contributed by atoms with E-state index in [0.29, 0.717) is 16.3 Å². The third-order valence-electron chi connectivity index (χ3n) is 3.28. The van der Waals surface area contributed by atoms with Gasteiger partial charge in [-0.15, -0.1) is 0 Å². The molecule has 0 aliphatic carbocycles. The van der Waals surface area contributed by atoms with E-state index in [1.807, 2.05) is 13.8 Å². The van der Waals surface area contributed by atoms with Crippen molar-refractivity contribution in [3.63, 3.8) is 0 Å². The number of nitrogens with one attached hydrogen (secondary N) is 1. The van der Waals surface area contributed by atoms with Crippen molar-refractivity contribution in [3.8, 4) is 11.4 Å². The Hall–Kier alpha value is -1.33. The lowest BCUT2D eigenvalue weighted by atomic mass is 10.1. The molecular weight excluding hydrogens is 333 g/mol. The SMILES string of the molecule is Cc1nc(-c2ccc(F)cc2Br)nc(C)c1CNC(C)C. The summed E-state index contributed by atoms with van der Waals surface area (Å²) in [5, 5.41) is 3.38. The van der Waals surface area contributed by atoms with E-state index in [0.717, 1.165) is 29.1 Å². The highest BCUT2D eigenvalue weighted by Crippen LogP contribution is 2.27. The van der Waals surface area contributed by atoms with Gasteiger partial charge in [-0.1, -0.05) is 13.8 Å². The quantitative estimate of drug-likeness (QED) is 0.898. The summed E-state index contributed by atoms with van der Waals surface area (Å²) in [6.07, 6.45) is 0. The maximum atomic E-state index is 13.2. The van der Waals surface area contributed by atoms with Crippen LogP contribution < -0.4 is 5.32 Å². The van der Waals surface area contributed by atoms with E-state index in [4.69, 9.17) is 0 Å². The maximum Gasteiger partial charge on any atom is 0.160 e. The lowest BCUT2D eigenvalue weighted by molar-refractivity contribution is 0.583. The summed E-state index contributed by atoms with van der Waals surface area (Å²) in [5.74, 6) is 0.335. The van der Waals surface area contributed by atoms with Gasteiger partial charge in [-0.25, -0.2) is 14.4 Å². The van der Waals surface area contributed by atoms with E-state index in [1.165, 1.54) is 12.1 Å². The predicted octanol–water partition coefficient (Wildman–Crippen LogP) is 4.16. The molecule has 1 heterocycles. The van der Waals surface area contributed by atoms with Crippen LogP contribution in [0, 0.1) is 19.7 Å². The fourth-order valence-corrected chi connectivity index (χ4v) is 2.62. The van der Waals surface area contributed by atoms with Crippen LogP contribution in [0.25, 0.3) is 11.4 Å². The van der Waals surface area contributed by atoms with Crippen LogP contribution in [0.3, 0.4) is 0 Å². The highest BCUT2D eigenvalue weighted by molar-refractivity contribution is 9.10. The average molecular weight is 352 g/mol. The Labute approximate surface area is 133 Å². The largest absolute Gasteiger partial charge is 0.310 e. The summed E-state index contributed by atoms with van der Waals surface area (Å²) >= 11 is 3.37. The van der Waals surface area contributed by atoms with Crippen LogP contribution in [0.2, 0.25) is 0 Å². The van der Waals surface area contributed by atoms with Crippen LogP contribution in [0.1, 0.15) is 30.8 Å². The highest BCUT2D eigenvalue weighted by Gasteiger charge is 2.12. The van der Waals surface area contributed by atoms with Crippen molar-refractivity contribution >= 4 is 15.9 Å². The zero-order valence-corrected chi connectivity index (χ0v) is 14.3. The zero-order chi connectivity index (χ0) is 15.6. The molecule has 1 N–H and O–H groups in total. The molecule has 5 heteroatoms. The first-order valence-corrected chi connectivity index (χ1v) is 7.70. The number of hydrogen-bond acceptors (Lipinski definition) is 3. The predicted molar refractivity (Wildman–Crippen MR) is 86.6 cm³/mol. The normalized spacial score (nSPS) is 11.2. The molecule has 0 aliphatic heterocycles. The molecule has 0 atom stereocenters. The molecule has 0 fully saturated rings. The molecule has 3 nitrogen and oxygen atoms in total. The Morgan fingerprint density at radius 3 is 2.33 bits per heavy atom. The second kappa shape index (κ2) is 6.62. The first-order valence-electron chi connectivity index (χ1n) is 6.91. The summed E-state index contributed by atoms with van der Waals surface area (Å²) in [6, 6.07) is 4.95. The second-order valence-electron chi connectivity index (χ2n) is 5.36. The van der Waals surface area contributed by atoms with Crippen LogP contribution >= 0.6 is 15.9 Å². The third-order valence-corrected chi connectivity index (χ3v) is 3.94. The van der Waals surface area contributed by atoms with Gasteiger partial charge in [0.05, 0.1) is 0 Å². The van der Waals surface area contributed by atoms with Crippen molar-refractivity contribution in [2.45, 2.75) is 40.3 Å². The lowest BCUT2D eigenvalue weighted by Gasteiger charge is -2.14. The number of nitrogens with zero attached hydrogens (tertiary/aromatic N) is 2. The van der Waals surface area contributed by atoms with Crippen LogP contribution in [0.5, 0.6) is 0 Å². The van der Waals surface area contributed by atoms with Crippen molar-refractivity contribution in [2.24, 2.45) is 0 Å². The highest BCUT2D eigenvalue weighted by atomic mass is 79.9. The minimum absolute atomic E-state index is 0.281. The van der Waals surface area contributed by atoms with Crippen molar-refractivity contribution in [3.05, 3.63) is 45.4 Å². The Morgan fingerprint density at radius 1 is 1.19 bits per heavy atom. The van der Waals surface area contributed by atoms with Crippen molar-refractivity contribution in [2.75, 3.05) is 0 Å². The molecule has 0 saturated carbocycles. The van der Waals surface area contributed by atoms with E-state index in [2.05, 4.69) is 45.1 Å². The van der Waals surface area contributed by atoms with E-state index in [1.54, 1.807) is 6.07 Å². The molecule has 0 unspecified atom stereocenters. The van der Waals surface area contributed by atoms with Crippen LogP contribution in [-0.4, -0.2) is 16.0 Å². The van der Waals surface area contributed by atoms with Gasteiger partial charge in [0, 0.05) is 39.6 Å². The summed E-state index contributed by atoms with van der Waals surface area (Å²) in [7, 11) is 0. The molecule has 0 spiro atoms. The Balaban J connectivity index is 2.39. The van der Waals surface area contributed by atoms with Crippen molar-refractivity contribution < 1.29 is 4.39 Å². The van der Waals surface area contributed by atoms with Gasteiger partial charge in [0.25, 0.3) is 0 Å². The number of halogens is 2. The molecule has 1 aromatic carbocycles. The topological polar surface area (TPSA) is 37.8 Å². The molecule has 0 bridgehead atoms. The molecule has 0 amide bonds. The minimum atomic E-state index is -0.281. The van der Waals surface area contributed by atoms with Gasteiger partial charge in [-0.2, -0.15) is 0 Å². The summed E-state index contributed by atoms with van der Waals surface area (Å²) in [4.78, 5) is 9.14. The Bertz CT molecular complexity index is 633. The van der Waals surface area contributed by atoms with Gasteiger partial charge in [0.1, 0.15) is 5.82 Å². The molecule has 21 heavy (non-hydrogen) atoms. The Kier molecular flexibility index (Phi) is 5.06. The fraction of sp³-hybridized carbons (Fsp3) is 0.375. The van der Waals surface area contributed by atoms with Crippen molar-refractivity contribution in [1.82, 2.24) is 15.3 Å². The van der Waals surface area contributed by atoms with Gasteiger partial charge in [0.2, 0.25) is 0 Å². The van der Waals surface area contributed by atoms with Crippen LogP contribution in [0.15, 0.2) is 22.7 Å². The summed E-state index contributed by atoms with van der Waals surface area (Å²) in [5.41, 5.74) is 3.81. The number of benzene rings is 1. The third kappa shape index (κ3) is 3.86. The zero-order valence-electron chi connectivity index (χ0n) is 12.7. The van der Waals surface area contributed by atoms with Crippen molar-refractivity contribution in [1.29, 1.82) is 0 Å². The molecule has 2 aromatic rings. The number of aromatic nitrogens is 2. The Morgan fingerprint density at radius 2 is 1.81 bits per heavy atom. The summed E-state index contributed by atoms with van der Waals surface area (Å²) in [6.45, 7) is 8.92. The van der Waals surface area contributed by atoms with Gasteiger partial charge in [0.15, 0.2) is 5.82 Å². The number of rotatable bonds is 4.